The van der Waals surface area contributed by atoms with Crippen molar-refractivity contribution in [2.45, 2.75) is 25.8 Å². The molecule has 0 radical (unpaired) electrons. The fraction of sp³-hybridized carbons (Fsp3) is 0.353. The molecule has 1 fully saturated rings. The van der Waals surface area contributed by atoms with Crippen molar-refractivity contribution < 1.29 is 14.3 Å². The number of hydrogen-bond acceptors (Lipinski definition) is 5. The van der Waals surface area contributed by atoms with Gasteiger partial charge in [0.15, 0.2) is 0 Å². The molecule has 0 bridgehead atoms. The Balaban J connectivity index is 2.20. The maximum atomic E-state index is 14.0. The molecule has 1 aliphatic rings. The van der Waals surface area contributed by atoms with E-state index in [1.807, 2.05) is 0 Å². The Bertz CT molecular complexity index is 720. The molecule has 0 heterocycles. The number of benzene rings is 1. The molecule has 24 heavy (non-hydrogen) atoms. The molecule has 1 aromatic rings. The lowest BCUT2D eigenvalue weighted by molar-refractivity contribution is -0.128. The highest BCUT2D eigenvalue weighted by atomic mass is 19.1. The number of halogens is 1. The zero-order valence-corrected chi connectivity index (χ0v) is 13.1. The fourth-order valence-corrected chi connectivity index (χ4v) is 2.51. The fourth-order valence-electron chi connectivity index (χ4n) is 2.51. The van der Waals surface area contributed by atoms with Gasteiger partial charge in [-0.25, -0.2) is 4.39 Å². The molecule has 0 spiro atoms. The van der Waals surface area contributed by atoms with Gasteiger partial charge in [0.2, 0.25) is 0 Å². The van der Waals surface area contributed by atoms with Gasteiger partial charge in [0.1, 0.15) is 29.0 Å². The maximum absolute atomic E-state index is 14.0. The summed E-state index contributed by atoms with van der Waals surface area (Å²) in [5.41, 5.74) is 5.32. The van der Waals surface area contributed by atoms with Gasteiger partial charge < -0.3 is 15.7 Å². The Kier molecular flexibility index (Phi) is 5.53. The third kappa shape index (κ3) is 4.32. The summed E-state index contributed by atoms with van der Waals surface area (Å²) in [7, 11) is 0. The molecule has 0 atom stereocenters. The van der Waals surface area contributed by atoms with Crippen molar-refractivity contribution in [2.75, 3.05) is 6.54 Å². The number of allylic oxidation sites excluding steroid dienone is 1. The number of phenolic OH excluding ortho intramolecular Hbond substituents is 1. The smallest absolute Gasteiger partial charge is 0.270 e. The first kappa shape index (κ1) is 17.5. The summed E-state index contributed by atoms with van der Waals surface area (Å²) >= 11 is 0. The topological polar surface area (TPSA) is 114 Å². The van der Waals surface area contributed by atoms with Crippen LogP contribution in [0.4, 0.5) is 4.39 Å². The van der Waals surface area contributed by atoms with E-state index in [0.717, 1.165) is 31.4 Å². The van der Waals surface area contributed by atoms with Gasteiger partial charge in [-0.05, 0) is 24.8 Å². The first-order chi connectivity index (χ1) is 11.4. The summed E-state index contributed by atoms with van der Waals surface area (Å²) in [6, 6.07) is 5.35. The second-order valence-corrected chi connectivity index (χ2v) is 5.88. The summed E-state index contributed by atoms with van der Waals surface area (Å²) in [5, 5.41) is 25.2. The Morgan fingerprint density at radius 1 is 1.54 bits per heavy atom. The summed E-state index contributed by atoms with van der Waals surface area (Å²) in [5.74, 6) is -0.976. The van der Waals surface area contributed by atoms with E-state index in [1.54, 1.807) is 6.07 Å². The summed E-state index contributed by atoms with van der Waals surface area (Å²) in [6.07, 6.45) is 4.10. The standard InChI is InChI=1S/C17H19FN4O2/c18-15-7-14(23)5-4-12(15)10-22(9-11-2-1-3-11)17(24)16(21)6-13(20)8-19/h4-7,11,20,23H,1-3,9-10,21H2/b16-6-,20-13?. The van der Waals surface area contributed by atoms with Crippen molar-refractivity contribution in [1.82, 2.24) is 4.90 Å². The number of nitriles is 1. The lowest BCUT2D eigenvalue weighted by Gasteiger charge is -2.32. The number of amides is 1. The molecule has 2 rings (SSSR count). The van der Waals surface area contributed by atoms with Crippen molar-refractivity contribution in [3.8, 4) is 11.8 Å². The van der Waals surface area contributed by atoms with Gasteiger partial charge in [0.25, 0.3) is 5.91 Å². The number of carbonyl (C=O) groups is 1. The second kappa shape index (κ2) is 7.59. The number of aromatic hydroxyl groups is 1. The molecule has 1 aliphatic carbocycles. The third-order valence-electron chi connectivity index (χ3n) is 4.06. The Labute approximate surface area is 139 Å². The molecule has 1 saturated carbocycles. The highest BCUT2D eigenvalue weighted by Crippen LogP contribution is 2.28. The summed E-state index contributed by atoms with van der Waals surface area (Å²) in [6.45, 7) is 0.448. The van der Waals surface area contributed by atoms with Crippen LogP contribution in [0.3, 0.4) is 0 Å². The Morgan fingerprint density at radius 2 is 2.25 bits per heavy atom. The van der Waals surface area contributed by atoms with Crippen LogP contribution in [0.5, 0.6) is 5.75 Å². The number of nitrogens with zero attached hydrogens (tertiary/aromatic N) is 2. The minimum Gasteiger partial charge on any atom is -0.508 e. The average Bonchev–Trinajstić information content (AvgIpc) is 2.50. The highest BCUT2D eigenvalue weighted by molar-refractivity contribution is 6.09. The first-order valence-electron chi connectivity index (χ1n) is 7.63. The lowest BCUT2D eigenvalue weighted by Crippen LogP contribution is -2.39. The largest absolute Gasteiger partial charge is 0.508 e. The average molecular weight is 330 g/mol. The number of nitrogens with two attached hydrogens (primary N) is 1. The molecule has 0 unspecified atom stereocenters. The number of nitrogens with one attached hydrogen (secondary N) is 1. The van der Waals surface area contributed by atoms with Crippen LogP contribution in [0.2, 0.25) is 0 Å². The van der Waals surface area contributed by atoms with E-state index >= 15 is 0 Å². The van der Waals surface area contributed by atoms with E-state index < -0.39 is 17.4 Å². The van der Waals surface area contributed by atoms with Crippen molar-refractivity contribution in [1.29, 1.82) is 10.7 Å². The van der Waals surface area contributed by atoms with Gasteiger partial charge in [-0.3, -0.25) is 10.2 Å². The zero-order valence-electron chi connectivity index (χ0n) is 13.1. The molecule has 126 valence electrons. The van der Waals surface area contributed by atoms with Crippen molar-refractivity contribution in [2.24, 2.45) is 11.7 Å². The molecular weight excluding hydrogens is 311 g/mol. The van der Waals surface area contributed by atoms with Crippen molar-refractivity contribution in [3.63, 3.8) is 0 Å². The number of rotatable bonds is 6. The molecule has 1 amide bonds. The minimum atomic E-state index is -0.603. The quantitative estimate of drug-likeness (QED) is 0.547. The van der Waals surface area contributed by atoms with Crippen molar-refractivity contribution in [3.05, 3.63) is 41.4 Å². The van der Waals surface area contributed by atoms with Crippen molar-refractivity contribution >= 4 is 11.6 Å². The van der Waals surface area contributed by atoms with Crippen LogP contribution in [0, 0.1) is 28.5 Å². The summed E-state index contributed by atoms with van der Waals surface area (Å²) < 4.78 is 14.0. The predicted molar refractivity (Wildman–Crippen MR) is 86.4 cm³/mol. The molecule has 6 nitrogen and oxygen atoms in total. The van der Waals surface area contributed by atoms with E-state index in [9.17, 15) is 14.3 Å². The van der Waals surface area contributed by atoms with Crippen LogP contribution in [-0.2, 0) is 11.3 Å². The third-order valence-corrected chi connectivity index (χ3v) is 4.06. The molecule has 1 aromatic carbocycles. The van der Waals surface area contributed by atoms with Crippen LogP contribution in [0.1, 0.15) is 24.8 Å². The minimum absolute atomic E-state index is 0.00980. The molecular formula is C17H19FN4O2. The summed E-state index contributed by atoms with van der Waals surface area (Å²) in [4.78, 5) is 13.9. The molecule has 7 heteroatoms. The van der Waals surface area contributed by atoms with Crippen LogP contribution in [0.15, 0.2) is 30.0 Å². The first-order valence-corrected chi connectivity index (χ1v) is 7.63. The van der Waals surface area contributed by atoms with Gasteiger partial charge in [-0.2, -0.15) is 5.26 Å². The monoisotopic (exact) mass is 330 g/mol. The SMILES string of the molecule is N#CC(=N)/C=C(\N)C(=O)N(Cc1ccc(O)cc1F)CC1CCC1. The molecule has 0 aromatic heterocycles. The normalized spacial score (nSPS) is 14.6. The second-order valence-electron chi connectivity index (χ2n) is 5.88. The zero-order chi connectivity index (χ0) is 17.7. The molecule has 0 aliphatic heterocycles. The van der Waals surface area contributed by atoms with Gasteiger partial charge in [0.05, 0.1) is 0 Å². The van der Waals surface area contributed by atoms with Gasteiger partial charge >= 0.3 is 0 Å². The van der Waals surface area contributed by atoms with Crippen LogP contribution < -0.4 is 5.73 Å². The number of carbonyl (C=O) groups excluding carboxylic acids is 1. The van der Waals surface area contributed by atoms with Crippen LogP contribution >= 0.6 is 0 Å². The van der Waals surface area contributed by atoms with E-state index in [2.05, 4.69) is 0 Å². The molecule has 4 N–H and O–H groups in total. The molecule has 0 saturated heterocycles. The van der Waals surface area contributed by atoms with Gasteiger partial charge in [-0.15, -0.1) is 0 Å². The van der Waals surface area contributed by atoms with E-state index in [4.69, 9.17) is 16.4 Å². The van der Waals surface area contributed by atoms with E-state index in [-0.39, 0.29) is 23.6 Å². The maximum Gasteiger partial charge on any atom is 0.270 e. The number of hydrogen-bond donors (Lipinski definition) is 3. The number of phenols is 1. The van der Waals surface area contributed by atoms with E-state index in [0.29, 0.717) is 12.5 Å². The van der Waals surface area contributed by atoms with Crippen LogP contribution in [0.25, 0.3) is 0 Å². The Hall–Kier alpha value is -2.88. The van der Waals surface area contributed by atoms with Gasteiger partial charge in [0, 0.05) is 30.8 Å². The Morgan fingerprint density at radius 3 is 2.79 bits per heavy atom. The highest BCUT2D eigenvalue weighted by Gasteiger charge is 2.25. The lowest BCUT2D eigenvalue weighted by atomic mass is 9.85. The van der Waals surface area contributed by atoms with Crippen LogP contribution in [-0.4, -0.2) is 28.2 Å². The van der Waals surface area contributed by atoms with Gasteiger partial charge in [-0.1, -0.05) is 12.5 Å². The predicted octanol–water partition coefficient (Wildman–Crippen LogP) is 2.05. The van der Waals surface area contributed by atoms with E-state index in [1.165, 1.54) is 17.0 Å².